The van der Waals surface area contributed by atoms with Crippen molar-refractivity contribution < 1.29 is 32.2 Å². The molecule has 2 atom stereocenters. The second-order valence-electron chi connectivity index (χ2n) is 14.2. The van der Waals surface area contributed by atoms with Crippen LogP contribution < -0.4 is 25.4 Å². The predicted octanol–water partition coefficient (Wildman–Crippen LogP) is 4.73. The van der Waals surface area contributed by atoms with Crippen molar-refractivity contribution in [1.29, 1.82) is 0 Å². The fraction of sp³-hybridized carbons (Fsp3) is 0.395. The van der Waals surface area contributed by atoms with E-state index >= 15 is 0 Å². The number of anilines is 3. The first-order valence-electron chi connectivity index (χ1n) is 18.5. The van der Waals surface area contributed by atoms with Gasteiger partial charge in [-0.15, -0.1) is 5.10 Å². The molecule has 0 aliphatic carbocycles. The minimum absolute atomic E-state index is 0.0109. The number of morpholine rings is 1. The van der Waals surface area contributed by atoms with Gasteiger partial charge < -0.3 is 29.5 Å². The number of benzene rings is 2. The van der Waals surface area contributed by atoms with Crippen molar-refractivity contribution in [1.82, 2.24) is 34.0 Å². The monoisotopic (exact) mass is 806 g/mol. The molecule has 0 unspecified atom stereocenters. The fourth-order valence-electron chi connectivity index (χ4n) is 7.57. The van der Waals surface area contributed by atoms with E-state index in [1.807, 2.05) is 47.1 Å². The number of piperazine rings is 1. The van der Waals surface area contributed by atoms with Crippen LogP contribution in [0.2, 0.25) is 5.02 Å². The van der Waals surface area contributed by atoms with Crippen LogP contribution in [0.4, 0.5) is 30.5 Å². The lowest BCUT2D eigenvalue weighted by Gasteiger charge is -2.36. The largest absolute Gasteiger partial charge is 0.485 e. The van der Waals surface area contributed by atoms with Crippen molar-refractivity contribution in [2.24, 2.45) is 0 Å². The standard InChI is InChI=1S/C38H38ClF3N10O5/c1-22-18-28(33(53)45-27-9-8-25(19-26(27)39)38(40,41)42)51-30(22)31(35(55)52-37(51)46-36(47-52)50-14-16-56-17-15-50)48-10-12-49(13-11-48)34(54)29-32(23(2)43-21-44-29)57-20-24-6-4-3-5-7-24/h3-9,19,21-22,28H,10-18,20H2,1-2H3,(H,45,53)/t22-,28+/m0/s1. The van der Waals surface area contributed by atoms with Crippen LogP contribution in [0.5, 0.6) is 5.75 Å². The average molecular weight is 807 g/mol. The number of hydrogen-bond donors (Lipinski definition) is 1. The van der Waals surface area contributed by atoms with Crippen LogP contribution in [0.25, 0.3) is 5.78 Å². The summed E-state index contributed by atoms with van der Waals surface area (Å²) < 4.78 is 54.5. The normalized spacial score (nSPS) is 18.5. The van der Waals surface area contributed by atoms with Gasteiger partial charge in [-0.2, -0.15) is 22.7 Å². The quantitative estimate of drug-likeness (QED) is 0.232. The summed E-state index contributed by atoms with van der Waals surface area (Å²) in [6.45, 7) is 6.82. The molecule has 2 amide bonds. The number of carbonyl (C=O) groups excluding carboxylic acids is 2. The van der Waals surface area contributed by atoms with E-state index in [0.29, 0.717) is 55.1 Å². The van der Waals surface area contributed by atoms with E-state index in [1.54, 1.807) is 16.4 Å². The van der Waals surface area contributed by atoms with E-state index < -0.39 is 29.2 Å². The van der Waals surface area contributed by atoms with Crippen LogP contribution in [0, 0.1) is 6.92 Å². The van der Waals surface area contributed by atoms with Gasteiger partial charge in [-0.05, 0) is 37.1 Å². The van der Waals surface area contributed by atoms with Gasteiger partial charge in [-0.25, -0.2) is 9.97 Å². The van der Waals surface area contributed by atoms with Gasteiger partial charge >= 0.3 is 6.18 Å². The zero-order valence-corrected chi connectivity index (χ0v) is 31.8. The van der Waals surface area contributed by atoms with Gasteiger partial charge in [0.2, 0.25) is 17.6 Å². The van der Waals surface area contributed by atoms with Crippen molar-refractivity contribution in [3.63, 3.8) is 0 Å². The molecule has 57 heavy (non-hydrogen) atoms. The number of amides is 2. The molecule has 0 bridgehead atoms. The average Bonchev–Trinajstić information content (AvgIpc) is 3.81. The Morgan fingerprint density at radius 1 is 1.00 bits per heavy atom. The molecule has 8 rings (SSSR count). The lowest BCUT2D eigenvalue weighted by Crippen LogP contribution is -2.51. The van der Waals surface area contributed by atoms with E-state index in [0.717, 1.165) is 23.8 Å². The summed E-state index contributed by atoms with van der Waals surface area (Å²) in [5, 5.41) is 7.05. The van der Waals surface area contributed by atoms with Gasteiger partial charge in [0, 0.05) is 45.2 Å². The maximum Gasteiger partial charge on any atom is 0.416 e. The summed E-state index contributed by atoms with van der Waals surface area (Å²) in [4.78, 5) is 61.3. The number of rotatable bonds is 8. The maximum absolute atomic E-state index is 14.5. The Kier molecular flexibility index (Phi) is 10.2. The van der Waals surface area contributed by atoms with E-state index in [2.05, 4.69) is 20.4 Å². The van der Waals surface area contributed by atoms with Gasteiger partial charge in [0.05, 0.1) is 40.9 Å². The first kappa shape index (κ1) is 38.1. The summed E-state index contributed by atoms with van der Waals surface area (Å²) in [5.74, 6) is -0.456. The summed E-state index contributed by atoms with van der Waals surface area (Å²) in [7, 11) is 0. The third-order valence-corrected chi connectivity index (χ3v) is 10.8. The Balaban J connectivity index is 1.10. The molecule has 0 spiro atoms. The zero-order chi connectivity index (χ0) is 40.0. The number of alkyl halides is 3. The highest BCUT2D eigenvalue weighted by atomic mass is 35.5. The number of hydrogen-bond acceptors (Lipinski definition) is 11. The van der Waals surface area contributed by atoms with Crippen molar-refractivity contribution in [2.45, 2.75) is 45.0 Å². The van der Waals surface area contributed by atoms with Gasteiger partial charge in [-0.1, -0.05) is 48.9 Å². The second kappa shape index (κ2) is 15.3. The molecule has 2 saturated heterocycles. The summed E-state index contributed by atoms with van der Waals surface area (Å²) in [6.07, 6.45) is -3.02. The number of fused-ring (bicyclic) bond motifs is 3. The minimum atomic E-state index is -4.61. The van der Waals surface area contributed by atoms with Crippen LogP contribution in [0.15, 0.2) is 59.7 Å². The summed E-state index contributed by atoms with van der Waals surface area (Å²) in [6, 6.07) is 11.4. The highest BCUT2D eigenvalue weighted by Crippen LogP contribution is 2.42. The number of nitrogens with zero attached hydrogens (tertiary/aromatic N) is 9. The lowest BCUT2D eigenvalue weighted by atomic mass is 10.0. The number of ether oxygens (including phenoxy) is 2. The number of aryl methyl sites for hydroxylation is 1. The molecule has 3 aliphatic rings. The van der Waals surface area contributed by atoms with Crippen molar-refractivity contribution >= 4 is 46.5 Å². The van der Waals surface area contributed by atoms with Gasteiger partial charge in [0.1, 0.15) is 24.7 Å². The molecule has 2 aromatic carbocycles. The lowest BCUT2D eigenvalue weighted by molar-refractivity contribution is -0.137. The van der Waals surface area contributed by atoms with E-state index in [9.17, 15) is 27.6 Å². The van der Waals surface area contributed by atoms with Crippen LogP contribution in [0.3, 0.4) is 0 Å². The Bertz CT molecular complexity index is 2400. The Labute approximate surface area is 329 Å². The molecule has 3 aromatic heterocycles. The third-order valence-electron chi connectivity index (χ3n) is 10.5. The highest BCUT2D eigenvalue weighted by molar-refractivity contribution is 6.33. The Morgan fingerprint density at radius 2 is 1.74 bits per heavy atom. The molecule has 2 fully saturated rings. The van der Waals surface area contributed by atoms with Gasteiger partial charge in [-0.3, -0.25) is 19.0 Å². The zero-order valence-electron chi connectivity index (χ0n) is 31.0. The SMILES string of the molecule is Cc1ncnc(C(=O)N2CCN(c3c4n(c5nc(N6CCOCC6)nn5c3=O)[C@@H](C(=O)Nc3ccc(C(F)(F)F)cc3Cl)C[C@@H]4C)CC2)c1OCc1ccccc1. The molecule has 5 aromatic rings. The van der Waals surface area contributed by atoms with Gasteiger partial charge in [0.15, 0.2) is 11.4 Å². The first-order valence-corrected chi connectivity index (χ1v) is 18.8. The van der Waals surface area contributed by atoms with Crippen molar-refractivity contribution in [3.8, 4) is 5.75 Å². The number of aromatic nitrogens is 6. The maximum atomic E-state index is 14.5. The number of halogens is 4. The molecular formula is C38H38ClF3N10O5. The topological polar surface area (TPSA) is 152 Å². The number of nitrogens with one attached hydrogen (secondary N) is 1. The molecule has 15 nitrogen and oxygen atoms in total. The minimum Gasteiger partial charge on any atom is -0.485 e. The molecule has 298 valence electrons. The second-order valence-corrected chi connectivity index (χ2v) is 14.6. The molecule has 6 heterocycles. The Hall–Kier alpha value is -5.75. The van der Waals surface area contributed by atoms with Crippen LogP contribution in [-0.4, -0.2) is 98.3 Å². The van der Waals surface area contributed by atoms with E-state index in [-0.39, 0.29) is 73.2 Å². The number of carbonyl (C=O) groups is 2. The molecule has 3 aliphatic heterocycles. The summed E-state index contributed by atoms with van der Waals surface area (Å²) in [5.41, 5.74) is 1.12. The molecule has 19 heteroatoms. The summed E-state index contributed by atoms with van der Waals surface area (Å²) >= 11 is 6.22. The first-order chi connectivity index (χ1) is 27.4. The third kappa shape index (κ3) is 7.34. The van der Waals surface area contributed by atoms with E-state index in [1.165, 1.54) is 10.8 Å². The Morgan fingerprint density at radius 3 is 2.44 bits per heavy atom. The van der Waals surface area contributed by atoms with E-state index in [4.69, 9.17) is 26.1 Å². The molecule has 0 radical (unpaired) electrons. The van der Waals surface area contributed by atoms with Crippen LogP contribution >= 0.6 is 11.6 Å². The van der Waals surface area contributed by atoms with Crippen molar-refractivity contribution in [2.75, 3.05) is 67.6 Å². The molecule has 0 saturated carbocycles. The predicted molar refractivity (Wildman–Crippen MR) is 203 cm³/mol. The smallest absolute Gasteiger partial charge is 0.416 e. The van der Waals surface area contributed by atoms with Crippen LogP contribution in [-0.2, 0) is 22.3 Å². The van der Waals surface area contributed by atoms with Gasteiger partial charge in [0.25, 0.3) is 11.5 Å². The molecule has 1 N–H and O–H groups in total. The van der Waals surface area contributed by atoms with Crippen LogP contribution in [0.1, 0.15) is 58.3 Å². The molecular weight excluding hydrogens is 769 g/mol. The van der Waals surface area contributed by atoms with Crippen molar-refractivity contribution in [3.05, 3.63) is 98.4 Å². The fourth-order valence-corrected chi connectivity index (χ4v) is 7.80. The highest BCUT2D eigenvalue weighted by Gasteiger charge is 2.41.